The molecule has 0 saturated heterocycles. The molecule has 0 bridgehead atoms. The Morgan fingerprint density at radius 1 is 1.31 bits per heavy atom. The minimum Gasteiger partial charge on any atom is -0.477 e. The lowest BCUT2D eigenvalue weighted by Gasteiger charge is -1.99. The molecule has 0 atom stereocenters. The smallest absolute Gasteiger partial charge is 0.345 e. The monoisotopic (exact) mass is 300 g/mol. The van der Waals surface area contributed by atoms with Crippen molar-refractivity contribution in [3.63, 3.8) is 0 Å². The van der Waals surface area contributed by atoms with E-state index in [1.165, 1.54) is 17.4 Å². The Bertz CT molecular complexity index is 551. The first-order valence-corrected chi connectivity index (χ1v) is 5.97. The highest BCUT2D eigenvalue weighted by Gasteiger charge is 2.09. The summed E-state index contributed by atoms with van der Waals surface area (Å²) in [6.07, 6.45) is 0. The van der Waals surface area contributed by atoms with Crippen LogP contribution in [0.3, 0.4) is 0 Å². The third-order valence-electron chi connectivity index (χ3n) is 2.02. The summed E-state index contributed by atoms with van der Waals surface area (Å²) in [5.74, 6) is -1.28. The van der Waals surface area contributed by atoms with Crippen molar-refractivity contribution < 1.29 is 14.3 Å². The minimum absolute atomic E-state index is 0.274. The van der Waals surface area contributed by atoms with Crippen LogP contribution in [0.2, 0.25) is 0 Å². The van der Waals surface area contributed by atoms with Crippen LogP contribution in [0.5, 0.6) is 0 Å². The average Bonchev–Trinajstić information content (AvgIpc) is 2.71. The van der Waals surface area contributed by atoms with Crippen LogP contribution in [0.1, 0.15) is 9.67 Å². The SMILES string of the molecule is O=C(O)c1ccc(-c2ccc(F)c(Br)c2)s1. The first kappa shape index (κ1) is 11.3. The normalized spacial score (nSPS) is 10.4. The molecule has 1 heterocycles. The fourth-order valence-corrected chi connectivity index (χ4v) is 2.48. The van der Waals surface area contributed by atoms with E-state index in [0.717, 1.165) is 10.4 Å². The van der Waals surface area contributed by atoms with Gasteiger partial charge in [-0.1, -0.05) is 6.07 Å². The van der Waals surface area contributed by atoms with E-state index in [9.17, 15) is 9.18 Å². The van der Waals surface area contributed by atoms with Gasteiger partial charge in [0.25, 0.3) is 0 Å². The van der Waals surface area contributed by atoms with E-state index in [0.29, 0.717) is 4.47 Å². The quantitative estimate of drug-likeness (QED) is 0.910. The molecule has 0 fully saturated rings. The lowest BCUT2D eigenvalue weighted by molar-refractivity contribution is 0.0702. The fourth-order valence-electron chi connectivity index (χ4n) is 1.26. The molecular formula is C11H6BrFO2S. The summed E-state index contributed by atoms with van der Waals surface area (Å²) in [4.78, 5) is 11.8. The van der Waals surface area contributed by atoms with Gasteiger partial charge in [-0.15, -0.1) is 11.3 Å². The average molecular weight is 301 g/mol. The zero-order chi connectivity index (χ0) is 11.7. The molecule has 0 aliphatic carbocycles. The Labute approximate surface area is 103 Å². The molecule has 5 heteroatoms. The molecular weight excluding hydrogens is 295 g/mol. The summed E-state index contributed by atoms with van der Waals surface area (Å²) < 4.78 is 13.4. The van der Waals surface area contributed by atoms with Gasteiger partial charge in [-0.2, -0.15) is 0 Å². The van der Waals surface area contributed by atoms with Crippen LogP contribution in [0.15, 0.2) is 34.8 Å². The fraction of sp³-hybridized carbons (Fsp3) is 0. The van der Waals surface area contributed by atoms with Crippen molar-refractivity contribution in [1.29, 1.82) is 0 Å². The third-order valence-corrected chi connectivity index (χ3v) is 3.75. The van der Waals surface area contributed by atoms with E-state index in [4.69, 9.17) is 5.11 Å². The first-order valence-electron chi connectivity index (χ1n) is 4.36. The number of aromatic carboxylic acids is 1. The number of hydrogen-bond acceptors (Lipinski definition) is 2. The van der Waals surface area contributed by atoms with Crippen molar-refractivity contribution in [1.82, 2.24) is 0 Å². The second-order valence-corrected chi connectivity index (χ2v) is 5.04. The second kappa shape index (κ2) is 4.35. The molecule has 2 nitrogen and oxygen atoms in total. The Morgan fingerprint density at radius 3 is 2.62 bits per heavy atom. The molecule has 0 aliphatic rings. The highest BCUT2D eigenvalue weighted by atomic mass is 79.9. The largest absolute Gasteiger partial charge is 0.477 e. The second-order valence-electron chi connectivity index (χ2n) is 3.10. The molecule has 1 N–H and O–H groups in total. The highest BCUT2D eigenvalue weighted by Crippen LogP contribution is 2.30. The number of benzene rings is 1. The molecule has 0 amide bonds. The number of carbonyl (C=O) groups is 1. The number of hydrogen-bond donors (Lipinski definition) is 1. The summed E-state index contributed by atoms with van der Waals surface area (Å²) in [7, 11) is 0. The molecule has 0 aliphatic heterocycles. The summed E-state index contributed by atoms with van der Waals surface area (Å²) in [5, 5.41) is 8.78. The number of rotatable bonds is 2. The maximum absolute atomic E-state index is 13.0. The Morgan fingerprint density at radius 2 is 2.06 bits per heavy atom. The molecule has 0 saturated carbocycles. The van der Waals surface area contributed by atoms with E-state index >= 15 is 0 Å². The summed E-state index contributed by atoms with van der Waals surface area (Å²) in [6.45, 7) is 0. The predicted molar refractivity (Wildman–Crippen MR) is 64.4 cm³/mol. The van der Waals surface area contributed by atoms with Gasteiger partial charge in [0.1, 0.15) is 10.7 Å². The molecule has 2 aromatic rings. The maximum atomic E-state index is 13.0. The van der Waals surface area contributed by atoms with E-state index in [1.54, 1.807) is 24.3 Å². The van der Waals surface area contributed by atoms with Crippen LogP contribution in [-0.4, -0.2) is 11.1 Å². The van der Waals surface area contributed by atoms with Crippen molar-refractivity contribution in [3.05, 3.63) is 45.5 Å². The van der Waals surface area contributed by atoms with Crippen molar-refractivity contribution in [2.45, 2.75) is 0 Å². The summed E-state index contributed by atoms with van der Waals surface area (Å²) in [5.41, 5.74) is 0.797. The van der Waals surface area contributed by atoms with Crippen molar-refractivity contribution in [2.75, 3.05) is 0 Å². The summed E-state index contributed by atoms with van der Waals surface area (Å²) >= 11 is 4.26. The molecule has 0 unspecified atom stereocenters. The molecule has 1 aromatic heterocycles. The molecule has 0 spiro atoms. The zero-order valence-corrected chi connectivity index (χ0v) is 10.3. The third kappa shape index (κ3) is 2.15. The van der Waals surface area contributed by atoms with Crippen LogP contribution >= 0.6 is 27.3 Å². The van der Waals surface area contributed by atoms with Gasteiger partial charge in [-0.3, -0.25) is 0 Å². The van der Waals surface area contributed by atoms with Crippen LogP contribution in [-0.2, 0) is 0 Å². The standard InChI is InChI=1S/C11H6BrFO2S/c12-7-5-6(1-2-8(7)13)9-3-4-10(16-9)11(14)15/h1-5H,(H,14,15). The van der Waals surface area contributed by atoms with Gasteiger partial charge in [0.2, 0.25) is 0 Å². The number of thiophene rings is 1. The van der Waals surface area contributed by atoms with Gasteiger partial charge in [-0.05, 0) is 45.8 Å². The van der Waals surface area contributed by atoms with Crippen LogP contribution in [0.4, 0.5) is 4.39 Å². The van der Waals surface area contributed by atoms with Gasteiger partial charge < -0.3 is 5.11 Å². The van der Waals surface area contributed by atoms with Crippen molar-refractivity contribution in [3.8, 4) is 10.4 Å². The van der Waals surface area contributed by atoms with Gasteiger partial charge in [0.05, 0.1) is 4.47 Å². The molecule has 0 radical (unpaired) electrons. The predicted octanol–water partition coefficient (Wildman–Crippen LogP) is 4.01. The lowest BCUT2D eigenvalue weighted by Crippen LogP contribution is -1.89. The van der Waals surface area contributed by atoms with Crippen LogP contribution < -0.4 is 0 Å². The van der Waals surface area contributed by atoms with Gasteiger partial charge in [0.15, 0.2) is 0 Å². The summed E-state index contributed by atoms with van der Waals surface area (Å²) in [6, 6.07) is 7.86. The maximum Gasteiger partial charge on any atom is 0.345 e. The molecule has 2 rings (SSSR count). The molecule has 1 aromatic carbocycles. The molecule has 16 heavy (non-hydrogen) atoms. The number of halogens is 2. The highest BCUT2D eigenvalue weighted by molar-refractivity contribution is 9.10. The van der Waals surface area contributed by atoms with Crippen molar-refractivity contribution >= 4 is 33.2 Å². The van der Waals surface area contributed by atoms with Crippen LogP contribution in [0, 0.1) is 5.82 Å². The lowest BCUT2D eigenvalue weighted by atomic mass is 10.2. The zero-order valence-electron chi connectivity index (χ0n) is 7.91. The molecule has 82 valence electrons. The van der Waals surface area contributed by atoms with Crippen molar-refractivity contribution in [2.24, 2.45) is 0 Å². The Balaban J connectivity index is 2.42. The van der Waals surface area contributed by atoms with E-state index in [-0.39, 0.29) is 10.7 Å². The van der Waals surface area contributed by atoms with E-state index in [2.05, 4.69) is 15.9 Å². The van der Waals surface area contributed by atoms with E-state index in [1.807, 2.05) is 0 Å². The number of carboxylic acids is 1. The topological polar surface area (TPSA) is 37.3 Å². The van der Waals surface area contributed by atoms with Gasteiger partial charge in [-0.25, -0.2) is 9.18 Å². The number of carboxylic acid groups (broad SMARTS) is 1. The first-order chi connectivity index (χ1) is 7.58. The minimum atomic E-state index is -0.947. The Kier molecular flexibility index (Phi) is 3.07. The van der Waals surface area contributed by atoms with Gasteiger partial charge >= 0.3 is 5.97 Å². The van der Waals surface area contributed by atoms with Gasteiger partial charge in [0, 0.05) is 4.88 Å². The Hall–Kier alpha value is -1.20. The van der Waals surface area contributed by atoms with Crippen LogP contribution in [0.25, 0.3) is 10.4 Å². The van der Waals surface area contributed by atoms with E-state index < -0.39 is 5.97 Å².